The Morgan fingerprint density at radius 3 is 2.63 bits per heavy atom. The van der Waals surface area contributed by atoms with Gasteiger partial charge in [-0.1, -0.05) is 26.7 Å². The molecular weight excluding hydrogens is 367 g/mol. The Balaban J connectivity index is 1.94. The third kappa shape index (κ3) is 3.06. The molecule has 1 aliphatic heterocycles. The third-order valence-electron chi connectivity index (χ3n) is 5.52. The molecule has 1 aromatic heterocycles. The van der Waals surface area contributed by atoms with Gasteiger partial charge in [0.15, 0.2) is 5.76 Å². The van der Waals surface area contributed by atoms with Crippen molar-refractivity contribution in [1.29, 1.82) is 0 Å². The lowest BCUT2D eigenvalue weighted by atomic mass is 9.77. The number of hydrogen-bond acceptors (Lipinski definition) is 4. The van der Waals surface area contributed by atoms with Gasteiger partial charge >= 0.3 is 12.2 Å². The highest BCUT2D eigenvalue weighted by Gasteiger charge is 2.70. The van der Waals surface area contributed by atoms with Gasteiger partial charge in [0.1, 0.15) is 0 Å². The van der Waals surface area contributed by atoms with Crippen LogP contribution in [0.5, 0.6) is 0 Å². The summed E-state index contributed by atoms with van der Waals surface area (Å²) in [6.45, 7) is 3.75. The lowest BCUT2D eigenvalue weighted by Crippen LogP contribution is -2.69. The Morgan fingerprint density at radius 1 is 1.33 bits per heavy atom. The molecule has 2 aliphatic rings. The van der Waals surface area contributed by atoms with E-state index in [4.69, 9.17) is 4.42 Å². The number of urea groups is 1. The Bertz CT molecular complexity index is 749. The zero-order valence-corrected chi connectivity index (χ0v) is 14.8. The zero-order chi connectivity index (χ0) is 20.0. The molecule has 0 spiro atoms. The lowest BCUT2D eigenvalue weighted by Gasteiger charge is -2.38. The van der Waals surface area contributed by atoms with E-state index in [0.29, 0.717) is 17.7 Å². The molecule has 2 fully saturated rings. The van der Waals surface area contributed by atoms with E-state index in [1.165, 1.54) is 6.07 Å². The second kappa shape index (κ2) is 6.58. The summed E-state index contributed by atoms with van der Waals surface area (Å²) >= 11 is 0. The number of imide groups is 1. The maximum atomic E-state index is 13.8. The van der Waals surface area contributed by atoms with E-state index in [9.17, 15) is 27.6 Å². The molecule has 1 aromatic rings. The number of halogens is 3. The van der Waals surface area contributed by atoms with Crippen molar-refractivity contribution in [2.75, 3.05) is 0 Å². The van der Waals surface area contributed by atoms with Gasteiger partial charge in [0.2, 0.25) is 0 Å². The summed E-state index contributed by atoms with van der Waals surface area (Å²) in [4.78, 5) is 38.0. The zero-order valence-electron chi connectivity index (χ0n) is 14.8. The molecule has 10 heteroatoms. The first-order valence-corrected chi connectivity index (χ1v) is 8.67. The molecule has 148 valence electrons. The standard InChI is InChI=1S/C17H20F3N3O4/c1-9-5-3-6-11(10(9)2)23-14(25)16(17(18,19)20,22-15(23)26)21-13(24)12-7-4-8-27-12/h4,7-11H,3,5-6H2,1-2H3,(H,21,24)(H,22,26)/t9-,10+,11+,16+/m1/s1. The van der Waals surface area contributed by atoms with Crippen molar-refractivity contribution in [2.24, 2.45) is 11.8 Å². The van der Waals surface area contributed by atoms with Crippen molar-refractivity contribution in [3.63, 3.8) is 0 Å². The van der Waals surface area contributed by atoms with Gasteiger partial charge in [0.05, 0.1) is 6.26 Å². The normalized spacial score (nSPS) is 31.7. The molecule has 2 heterocycles. The summed E-state index contributed by atoms with van der Waals surface area (Å²) in [5.41, 5.74) is -3.52. The molecule has 0 radical (unpaired) electrons. The van der Waals surface area contributed by atoms with Crippen molar-refractivity contribution < 1.29 is 32.0 Å². The molecule has 1 aliphatic carbocycles. The van der Waals surface area contributed by atoms with Crippen LogP contribution < -0.4 is 10.6 Å². The Labute approximate surface area is 153 Å². The summed E-state index contributed by atoms with van der Waals surface area (Å²) in [6, 6.07) is 0.652. The van der Waals surface area contributed by atoms with Crippen molar-refractivity contribution in [2.45, 2.75) is 51.0 Å². The van der Waals surface area contributed by atoms with Crippen LogP contribution in [-0.4, -0.2) is 40.6 Å². The average molecular weight is 387 g/mol. The minimum Gasteiger partial charge on any atom is -0.459 e. The van der Waals surface area contributed by atoms with Crippen molar-refractivity contribution in [1.82, 2.24) is 15.5 Å². The minimum atomic E-state index is -5.24. The topological polar surface area (TPSA) is 91.7 Å². The summed E-state index contributed by atoms with van der Waals surface area (Å²) in [6.07, 6.45) is -2.13. The molecule has 0 bridgehead atoms. The molecule has 0 aromatic carbocycles. The Kier molecular flexibility index (Phi) is 4.69. The van der Waals surface area contributed by atoms with Gasteiger partial charge in [-0.2, -0.15) is 13.2 Å². The highest BCUT2D eigenvalue weighted by molar-refractivity contribution is 6.10. The van der Waals surface area contributed by atoms with E-state index in [-0.39, 0.29) is 11.8 Å². The van der Waals surface area contributed by atoms with Gasteiger partial charge in [-0.25, -0.2) is 4.79 Å². The first-order chi connectivity index (χ1) is 12.6. The molecule has 4 atom stereocenters. The molecule has 2 N–H and O–H groups in total. The van der Waals surface area contributed by atoms with Crippen LogP contribution in [0.4, 0.5) is 18.0 Å². The van der Waals surface area contributed by atoms with Crippen LogP contribution in [0.3, 0.4) is 0 Å². The van der Waals surface area contributed by atoms with Crippen molar-refractivity contribution in [3.8, 4) is 0 Å². The molecule has 4 amide bonds. The first kappa shape index (κ1) is 19.2. The van der Waals surface area contributed by atoms with Gasteiger partial charge in [-0.05, 0) is 30.4 Å². The first-order valence-electron chi connectivity index (χ1n) is 8.67. The van der Waals surface area contributed by atoms with E-state index in [2.05, 4.69) is 0 Å². The van der Waals surface area contributed by atoms with E-state index >= 15 is 0 Å². The molecule has 0 unspecified atom stereocenters. The summed E-state index contributed by atoms with van der Waals surface area (Å²) in [7, 11) is 0. The predicted molar refractivity (Wildman–Crippen MR) is 86.3 cm³/mol. The highest BCUT2D eigenvalue weighted by Crippen LogP contribution is 2.39. The maximum Gasteiger partial charge on any atom is 0.440 e. The molecule has 3 rings (SSSR count). The average Bonchev–Trinajstić information content (AvgIpc) is 3.18. The molecule has 1 saturated heterocycles. The second-order valence-corrected chi connectivity index (χ2v) is 7.12. The van der Waals surface area contributed by atoms with Gasteiger partial charge in [0, 0.05) is 6.04 Å². The van der Waals surface area contributed by atoms with Crippen LogP contribution in [0.15, 0.2) is 22.8 Å². The fourth-order valence-corrected chi connectivity index (χ4v) is 3.75. The fourth-order valence-electron chi connectivity index (χ4n) is 3.75. The maximum absolute atomic E-state index is 13.8. The lowest BCUT2D eigenvalue weighted by molar-refractivity contribution is -0.201. The van der Waals surface area contributed by atoms with Crippen molar-refractivity contribution in [3.05, 3.63) is 24.2 Å². The van der Waals surface area contributed by atoms with Crippen LogP contribution in [0.1, 0.15) is 43.7 Å². The van der Waals surface area contributed by atoms with E-state index < -0.39 is 41.5 Å². The van der Waals surface area contributed by atoms with Crippen LogP contribution in [0, 0.1) is 11.8 Å². The molecule has 7 nitrogen and oxygen atoms in total. The summed E-state index contributed by atoms with van der Waals surface area (Å²) < 4.78 is 46.3. The minimum absolute atomic E-state index is 0.154. The van der Waals surface area contributed by atoms with E-state index in [0.717, 1.165) is 18.8 Å². The van der Waals surface area contributed by atoms with Crippen LogP contribution in [0.2, 0.25) is 0 Å². The van der Waals surface area contributed by atoms with E-state index in [1.54, 1.807) is 10.6 Å². The SMILES string of the molecule is C[C@H]1[C@H](C)CCC[C@@H]1N1C(=O)N[C@](NC(=O)c2ccco2)(C(F)(F)F)C1=O. The molecular formula is C17H20F3N3O4. The third-order valence-corrected chi connectivity index (χ3v) is 5.52. The Morgan fingerprint density at radius 2 is 2.04 bits per heavy atom. The quantitative estimate of drug-likeness (QED) is 0.780. The number of furan rings is 1. The molecule has 1 saturated carbocycles. The largest absolute Gasteiger partial charge is 0.459 e. The van der Waals surface area contributed by atoms with Crippen LogP contribution in [0.25, 0.3) is 0 Å². The van der Waals surface area contributed by atoms with Gasteiger partial charge in [0.25, 0.3) is 17.5 Å². The Hall–Kier alpha value is -2.52. The number of alkyl halides is 3. The number of nitrogens with zero attached hydrogens (tertiary/aromatic N) is 1. The smallest absolute Gasteiger partial charge is 0.440 e. The summed E-state index contributed by atoms with van der Waals surface area (Å²) in [5.74, 6) is -3.18. The predicted octanol–water partition coefficient (Wildman–Crippen LogP) is 2.64. The highest BCUT2D eigenvalue weighted by atomic mass is 19.4. The van der Waals surface area contributed by atoms with Crippen LogP contribution >= 0.6 is 0 Å². The molecule has 27 heavy (non-hydrogen) atoms. The van der Waals surface area contributed by atoms with Gasteiger partial charge < -0.3 is 9.73 Å². The number of carbonyl (C=O) groups is 3. The number of nitrogens with one attached hydrogen (secondary N) is 2. The van der Waals surface area contributed by atoms with Crippen LogP contribution in [-0.2, 0) is 4.79 Å². The van der Waals surface area contributed by atoms with Crippen molar-refractivity contribution >= 4 is 17.8 Å². The monoisotopic (exact) mass is 387 g/mol. The second-order valence-electron chi connectivity index (χ2n) is 7.12. The van der Waals surface area contributed by atoms with Gasteiger partial charge in [-0.3, -0.25) is 19.8 Å². The number of rotatable bonds is 3. The number of carbonyl (C=O) groups excluding carboxylic acids is 3. The fraction of sp³-hybridized carbons (Fsp3) is 0.588. The summed E-state index contributed by atoms with van der Waals surface area (Å²) in [5, 5.41) is 3.30. The number of amides is 4. The number of hydrogen-bond donors (Lipinski definition) is 2. The van der Waals surface area contributed by atoms with Gasteiger partial charge in [-0.15, -0.1) is 0 Å². The van der Waals surface area contributed by atoms with E-state index in [1.807, 2.05) is 13.8 Å².